The molecule has 7 heteroatoms. The summed E-state index contributed by atoms with van der Waals surface area (Å²) in [5.41, 5.74) is 2.20. The molecule has 130 valence electrons. The van der Waals surface area contributed by atoms with Crippen molar-refractivity contribution in [1.82, 2.24) is 9.71 Å². The minimum Gasteiger partial charge on any atom is -0.361 e. The highest BCUT2D eigenvalue weighted by atomic mass is 32.2. The van der Waals surface area contributed by atoms with E-state index in [-0.39, 0.29) is 5.78 Å². The molecule has 0 aliphatic rings. The Labute approximate surface area is 159 Å². The molecule has 1 aromatic carbocycles. The number of ketones is 1. The maximum absolute atomic E-state index is 12.5. The summed E-state index contributed by atoms with van der Waals surface area (Å²) in [5, 5.41) is 7.98. The number of carbonyl (C=O) groups is 1. The number of aryl methyl sites for hydroxylation is 1. The van der Waals surface area contributed by atoms with Crippen molar-refractivity contribution < 1.29 is 4.79 Å². The molecule has 0 aliphatic heterocycles. The number of aromatic nitrogens is 1. The Kier molecular flexibility index (Phi) is 6.63. The molecule has 0 spiro atoms. The number of thiazole rings is 1. The second kappa shape index (κ2) is 9.15. The van der Waals surface area contributed by atoms with E-state index in [1.54, 1.807) is 23.3 Å². The molecular formula is C18H19N3OS3. The van der Waals surface area contributed by atoms with E-state index in [1.807, 2.05) is 36.6 Å². The zero-order valence-electron chi connectivity index (χ0n) is 13.8. The summed E-state index contributed by atoms with van der Waals surface area (Å²) in [5.74, 6) is -0.0172. The van der Waals surface area contributed by atoms with Crippen LogP contribution in [-0.2, 0) is 0 Å². The number of anilines is 1. The standard InChI is InChI=1S/C18H19N3OS3/c1-13-6-2-3-7-14(13)17(22)15-12-24-18(21-15)19-9-5-10-20-25-16-8-4-11-23-16/h2-4,6-8,11-12,20H,5,9-10H2,1H3,(H,19,21). The predicted molar refractivity (Wildman–Crippen MR) is 108 cm³/mol. The Hall–Kier alpha value is -1.67. The second-order valence-electron chi connectivity index (χ2n) is 5.39. The molecule has 2 N–H and O–H groups in total. The maximum atomic E-state index is 12.5. The number of hydrogen-bond acceptors (Lipinski definition) is 7. The Morgan fingerprint density at radius 3 is 2.84 bits per heavy atom. The van der Waals surface area contributed by atoms with Gasteiger partial charge in [0, 0.05) is 24.0 Å². The highest BCUT2D eigenvalue weighted by Gasteiger charge is 2.14. The fraction of sp³-hybridized carbons (Fsp3) is 0.222. The molecule has 0 radical (unpaired) electrons. The number of thiophene rings is 1. The van der Waals surface area contributed by atoms with Gasteiger partial charge in [0.1, 0.15) is 5.69 Å². The lowest BCUT2D eigenvalue weighted by Crippen LogP contribution is -2.11. The average Bonchev–Trinajstić information content (AvgIpc) is 3.30. The lowest BCUT2D eigenvalue weighted by atomic mass is 10.0. The van der Waals surface area contributed by atoms with Gasteiger partial charge in [0.05, 0.1) is 4.21 Å². The van der Waals surface area contributed by atoms with E-state index >= 15 is 0 Å². The normalized spacial score (nSPS) is 10.8. The summed E-state index contributed by atoms with van der Waals surface area (Å²) in [6.45, 7) is 3.68. The minimum atomic E-state index is -0.0172. The van der Waals surface area contributed by atoms with Crippen molar-refractivity contribution in [1.29, 1.82) is 0 Å². The van der Waals surface area contributed by atoms with Crippen LogP contribution in [0.1, 0.15) is 28.0 Å². The summed E-state index contributed by atoms with van der Waals surface area (Å²) >= 11 is 4.87. The first-order chi connectivity index (χ1) is 12.2. The molecule has 0 saturated carbocycles. The molecular weight excluding hydrogens is 370 g/mol. The Balaban J connectivity index is 1.42. The van der Waals surface area contributed by atoms with Crippen LogP contribution in [0.15, 0.2) is 51.4 Å². The highest BCUT2D eigenvalue weighted by Crippen LogP contribution is 2.21. The summed E-state index contributed by atoms with van der Waals surface area (Å²) in [4.78, 5) is 16.9. The number of hydrogen-bond donors (Lipinski definition) is 2. The minimum absolute atomic E-state index is 0.0172. The smallest absolute Gasteiger partial charge is 0.212 e. The van der Waals surface area contributed by atoms with Crippen LogP contribution in [0, 0.1) is 6.92 Å². The quantitative estimate of drug-likeness (QED) is 0.311. The van der Waals surface area contributed by atoms with Gasteiger partial charge in [-0.2, -0.15) is 0 Å². The largest absolute Gasteiger partial charge is 0.361 e. The molecule has 3 rings (SSSR count). The SMILES string of the molecule is Cc1ccccc1C(=O)c1csc(NCCCNSc2cccs2)n1. The predicted octanol–water partition coefficient (Wildman–Crippen LogP) is 4.84. The van der Waals surface area contributed by atoms with Gasteiger partial charge in [0.25, 0.3) is 0 Å². The zero-order valence-corrected chi connectivity index (χ0v) is 16.3. The van der Waals surface area contributed by atoms with Gasteiger partial charge >= 0.3 is 0 Å². The zero-order chi connectivity index (χ0) is 17.5. The first-order valence-electron chi connectivity index (χ1n) is 7.97. The monoisotopic (exact) mass is 389 g/mol. The van der Waals surface area contributed by atoms with Crippen molar-refractivity contribution in [2.75, 3.05) is 18.4 Å². The lowest BCUT2D eigenvalue weighted by molar-refractivity contribution is 0.103. The van der Waals surface area contributed by atoms with Crippen molar-refractivity contribution >= 4 is 45.5 Å². The Morgan fingerprint density at radius 2 is 2.04 bits per heavy atom. The van der Waals surface area contributed by atoms with Crippen molar-refractivity contribution in [2.24, 2.45) is 0 Å². The molecule has 4 nitrogen and oxygen atoms in total. The molecule has 0 saturated heterocycles. The number of nitrogens with one attached hydrogen (secondary N) is 2. The van der Waals surface area contributed by atoms with Crippen LogP contribution in [0.2, 0.25) is 0 Å². The number of benzene rings is 1. The van der Waals surface area contributed by atoms with Gasteiger partial charge in [0.15, 0.2) is 5.13 Å². The van der Waals surface area contributed by atoms with E-state index in [4.69, 9.17) is 0 Å². The molecule has 0 unspecified atom stereocenters. The Bertz CT molecular complexity index is 815. The van der Waals surface area contributed by atoms with E-state index in [0.29, 0.717) is 11.3 Å². The van der Waals surface area contributed by atoms with Crippen LogP contribution in [-0.4, -0.2) is 23.9 Å². The van der Waals surface area contributed by atoms with Crippen LogP contribution in [0.25, 0.3) is 0 Å². The van der Waals surface area contributed by atoms with Crippen LogP contribution in [0.4, 0.5) is 5.13 Å². The fourth-order valence-electron chi connectivity index (χ4n) is 2.22. The topological polar surface area (TPSA) is 54.0 Å². The highest BCUT2D eigenvalue weighted by molar-refractivity contribution is 7.99. The number of rotatable bonds is 9. The van der Waals surface area contributed by atoms with Crippen molar-refractivity contribution in [3.8, 4) is 0 Å². The van der Waals surface area contributed by atoms with Gasteiger partial charge in [-0.3, -0.25) is 9.52 Å². The fourth-order valence-corrected chi connectivity index (χ4v) is 4.46. The molecule has 0 amide bonds. The van der Waals surface area contributed by atoms with Crippen LogP contribution in [0.5, 0.6) is 0 Å². The molecule has 2 aromatic heterocycles. The summed E-state index contributed by atoms with van der Waals surface area (Å²) in [6.07, 6.45) is 0.985. The molecule has 3 aromatic rings. The third-order valence-electron chi connectivity index (χ3n) is 3.53. The van der Waals surface area contributed by atoms with Gasteiger partial charge in [-0.15, -0.1) is 22.7 Å². The average molecular weight is 390 g/mol. The third kappa shape index (κ3) is 5.15. The van der Waals surface area contributed by atoms with Gasteiger partial charge in [-0.05, 0) is 42.3 Å². The molecule has 0 bridgehead atoms. The van der Waals surface area contributed by atoms with Gasteiger partial charge < -0.3 is 5.32 Å². The number of nitrogens with zero attached hydrogens (tertiary/aromatic N) is 1. The molecule has 2 heterocycles. The van der Waals surface area contributed by atoms with E-state index < -0.39 is 0 Å². The van der Waals surface area contributed by atoms with E-state index in [9.17, 15) is 4.79 Å². The maximum Gasteiger partial charge on any atom is 0.212 e. The first-order valence-corrected chi connectivity index (χ1v) is 10.5. The summed E-state index contributed by atoms with van der Waals surface area (Å²) in [6, 6.07) is 11.8. The van der Waals surface area contributed by atoms with Crippen molar-refractivity contribution in [2.45, 2.75) is 17.6 Å². The number of carbonyl (C=O) groups excluding carboxylic acids is 1. The molecule has 25 heavy (non-hydrogen) atoms. The van der Waals surface area contributed by atoms with Crippen molar-refractivity contribution in [3.05, 3.63) is 64.0 Å². The van der Waals surface area contributed by atoms with Crippen LogP contribution >= 0.6 is 34.6 Å². The van der Waals surface area contributed by atoms with Gasteiger partial charge in [0.2, 0.25) is 5.78 Å². The molecule has 0 fully saturated rings. The summed E-state index contributed by atoms with van der Waals surface area (Å²) < 4.78 is 4.61. The summed E-state index contributed by atoms with van der Waals surface area (Å²) in [7, 11) is 0. The third-order valence-corrected chi connectivity index (χ3v) is 6.21. The first kappa shape index (κ1) is 18.1. The van der Waals surface area contributed by atoms with Crippen LogP contribution < -0.4 is 10.0 Å². The molecule has 0 aliphatic carbocycles. The Morgan fingerprint density at radius 1 is 1.16 bits per heavy atom. The second-order valence-corrected chi connectivity index (χ2v) is 8.39. The molecule has 0 atom stereocenters. The van der Waals surface area contributed by atoms with E-state index in [2.05, 4.69) is 32.5 Å². The van der Waals surface area contributed by atoms with Gasteiger partial charge in [-0.1, -0.05) is 30.3 Å². The van der Waals surface area contributed by atoms with E-state index in [1.165, 1.54) is 15.5 Å². The van der Waals surface area contributed by atoms with Gasteiger partial charge in [-0.25, -0.2) is 4.98 Å². The van der Waals surface area contributed by atoms with E-state index in [0.717, 1.165) is 30.2 Å². The van der Waals surface area contributed by atoms with Crippen molar-refractivity contribution in [3.63, 3.8) is 0 Å². The lowest BCUT2D eigenvalue weighted by Gasteiger charge is -2.04. The van der Waals surface area contributed by atoms with Crippen LogP contribution in [0.3, 0.4) is 0 Å².